The molecule has 1 heterocycles. The summed E-state index contributed by atoms with van der Waals surface area (Å²) in [4.78, 5) is 26.6. The first-order valence-electron chi connectivity index (χ1n) is 11.1. The summed E-state index contributed by atoms with van der Waals surface area (Å²) in [6, 6.07) is 20.6. The Bertz CT molecular complexity index is 1320. The quantitative estimate of drug-likeness (QED) is 0.554. The summed E-state index contributed by atoms with van der Waals surface area (Å²) in [7, 11) is -3.95. The lowest BCUT2D eigenvalue weighted by Gasteiger charge is -2.28. The molecule has 3 aromatic carbocycles. The number of carbonyl (C=O) groups is 2. The van der Waals surface area contributed by atoms with Crippen LogP contribution < -0.4 is 14.9 Å². The van der Waals surface area contributed by atoms with E-state index in [4.69, 9.17) is 0 Å². The highest BCUT2D eigenvalue weighted by atomic mass is 32.2. The number of nitrogens with zero attached hydrogens (tertiary/aromatic N) is 1. The Morgan fingerprint density at radius 1 is 0.971 bits per heavy atom. The fourth-order valence-corrected chi connectivity index (χ4v) is 5.27. The van der Waals surface area contributed by atoms with E-state index >= 15 is 0 Å². The molecule has 8 heteroatoms. The molecule has 0 radical (unpaired) electrons. The van der Waals surface area contributed by atoms with Gasteiger partial charge in [0.15, 0.2) is 0 Å². The SMILES string of the molecule is CC(=O)N1CCCc2cc(S(=O)(=O)Nc3ccccc3C(=O)N[C@@H](C)c3ccccc3)ccc21. The van der Waals surface area contributed by atoms with Gasteiger partial charge in [-0.2, -0.15) is 0 Å². The lowest BCUT2D eigenvalue weighted by Crippen LogP contribution is -2.33. The maximum Gasteiger partial charge on any atom is 0.261 e. The second-order valence-electron chi connectivity index (χ2n) is 8.32. The number of anilines is 2. The molecule has 1 aliphatic heterocycles. The third kappa shape index (κ3) is 4.97. The molecule has 0 aromatic heterocycles. The van der Waals surface area contributed by atoms with Crippen LogP contribution >= 0.6 is 0 Å². The Morgan fingerprint density at radius 2 is 1.68 bits per heavy atom. The number of hydrogen-bond donors (Lipinski definition) is 2. The van der Waals surface area contributed by atoms with Gasteiger partial charge in [0.25, 0.3) is 15.9 Å². The van der Waals surface area contributed by atoms with Crippen molar-refractivity contribution in [1.29, 1.82) is 0 Å². The van der Waals surface area contributed by atoms with E-state index in [1.807, 2.05) is 37.3 Å². The number of rotatable bonds is 6. The summed E-state index contributed by atoms with van der Waals surface area (Å²) in [5.41, 5.74) is 2.93. The molecular weight excluding hydrogens is 450 g/mol. The smallest absolute Gasteiger partial charge is 0.261 e. The van der Waals surface area contributed by atoms with Gasteiger partial charge in [0.2, 0.25) is 5.91 Å². The molecular formula is C26H27N3O4S. The van der Waals surface area contributed by atoms with Gasteiger partial charge in [-0.1, -0.05) is 42.5 Å². The van der Waals surface area contributed by atoms with Crippen LogP contribution in [0.4, 0.5) is 11.4 Å². The number of fused-ring (bicyclic) bond motifs is 1. The predicted molar refractivity (Wildman–Crippen MR) is 132 cm³/mol. The van der Waals surface area contributed by atoms with Gasteiger partial charge in [-0.3, -0.25) is 14.3 Å². The van der Waals surface area contributed by atoms with Crippen LogP contribution in [-0.4, -0.2) is 26.8 Å². The van der Waals surface area contributed by atoms with Crippen LogP contribution in [0, 0.1) is 0 Å². The summed E-state index contributed by atoms with van der Waals surface area (Å²) in [5.74, 6) is -0.448. The maximum atomic E-state index is 13.2. The largest absolute Gasteiger partial charge is 0.345 e. The predicted octanol–water partition coefficient (Wildman–Crippen LogP) is 4.28. The van der Waals surface area contributed by atoms with Crippen LogP contribution in [0.1, 0.15) is 47.8 Å². The number of benzene rings is 3. The van der Waals surface area contributed by atoms with Gasteiger partial charge in [-0.25, -0.2) is 8.42 Å². The number of para-hydroxylation sites is 1. The Labute approximate surface area is 199 Å². The average Bonchev–Trinajstić information content (AvgIpc) is 2.83. The molecule has 1 aliphatic rings. The van der Waals surface area contributed by atoms with Gasteiger partial charge in [0.05, 0.1) is 22.2 Å². The van der Waals surface area contributed by atoms with E-state index < -0.39 is 10.0 Å². The van der Waals surface area contributed by atoms with E-state index in [1.54, 1.807) is 41.3 Å². The van der Waals surface area contributed by atoms with E-state index in [-0.39, 0.29) is 34.0 Å². The summed E-state index contributed by atoms with van der Waals surface area (Å²) >= 11 is 0. The third-order valence-electron chi connectivity index (χ3n) is 5.92. The standard InChI is InChI=1S/C26H27N3O4S/c1-18(20-9-4-3-5-10-20)27-26(31)23-12-6-7-13-24(23)28-34(32,33)22-14-15-25-21(17-22)11-8-16-29(25)19(2)30/h3-7,9-10,12-15,17-18,28H,8,11,16H2,1-2H3,(H,27,31)/t18-/m0/s1. The molecule has 0 aliphatic carbocycles. The first kappa shape index (κ1) is 23.5. The monoisotopic (exact) mass is 477 g/mol. The minimum Gasteiger partial charge on any atom is -0.345 e. The summed E-state index contributed by atoms with van der Waals surface area (Å²) in [5, 5.41) is 2.92. The Morgan fingerprint density at radius 3 is 2.41 bits per heavy atom. The second-order valence-corrected chi connectivity index (χ2v) is 10.0. The number of nitrogens with one attached hydrogen (secondary N) is 2. The van der Waals surface area contributed by atoms with E-state index in [9.17, 15) is 18.0 Å². The average molecular weight is 478 g/mol. The molecule has 7 nitrogen and oxygen atoms in total. The molecule has 0 bridgehead atoms. The van der Waals surface area contributed by atoms with Crippen LogP contribution in [0.25, 0.3) is 0 Å². The summed E-state index contributed by atoms with van der Waals surface area (Å²) < 4.78 is 29.0. The zero-order chi connectivity index (χ0) is 24.3. The van der Waals surface area contributed by atoms with Crippen molar-refractivity contribution in [3.05, 3.63) is 89.5 Å². The normalized spacial score (nSPS) is 14.1. The second kappa shape index (κ2) is 9.69. The Hall–Kier alpha value is -3.65. The number of sulfonamides is 1. The van der Waals surface area contributed by atoms with Gasteiger partial charge in [0.1, 0.15) is 0 Å². The van der Waals surface area contributed by atoms with Crippen molar-refractivity contribution < 1.29 is 18.0 Å². The topological polar surface area (TPSA) is 95.6 Å². The Kier molecular flexibility index (Phi) is 6.70. The number of aryl methyl sites for hydroxylation is 1. The third-order valence-corrected chi connectivity index (χ3v) is 7.29. The van der Waals surface area contributed by atoms with Gasteiger partial charge in [-0.15, -0.1) is 0 Å². The zero-order valence-electron chi connectivity index (χ0n) is 19.1. The van der Waals surface area contributed by atoms with Crippen LogP contribution in [0.5, 0.6) is 0 Å². The first-order valence-corrected chi connectivity index (χ1v) is 12.6. The van der Waals surface area contributed by atoms with Crippen molar-refractivity contribution in [1.82, 2.24) is 5.32 Å². The fraction of sp³-hybridized carbons (Fsp3) is 0.231. The van der Waals surface area contributed by atoms with Crippen LogP contribution in [0.2, 0.25) is 0 Å². The molecule has 0 saturated carbocycles. The molecule has 0 fully saturated rings. The number of hydrogen-bond acceptors (Lipinski definition) is 4. The number of amides is 2. The Balaban J connectivity index is 1.57. The molecule has 0 unspecified atom stereocenters. The number of carbonyl (C=O) groups excluding carboxylic acids is 2. The van der Waals surface area contributed by atoms with E-state index in [0.29, 0.717) is 13.0 Å². The van der Waals surface area contributed by atoms with Crippen molar-refractivity contribution in [3.8, 4) is 0 Å². The van der Waals surface area contributed by atoms with E-state index in [0.717, 1.165) is 23.2 Å². The van der Waals surface area contributed by atoms with Gasteiger partial charge in [-0.05, 0) is 61.2 Å². The molecule has 34 heavy (non-hydrogen) atoms. The molecule has 3 aromatic rings. The molecule has 1 atom stereocenters. The van der Waals surface area contributed by atoms with Crippen molar-refractivity contribution in [2.45, 2.75) is 37.6 Å². The van der Waals surface area contributed by atoms with Crippen LogP contribution in [0.3, 0.4) is 0 Å². The molecule has 2 amide bonds. The molecule has 0 spiro atoms. The van der Waals surface area contributed by atoms with Crippen LogP contribution in [0.15, 0.2) is 77.7 Å². The van der Waals surface area contributed by atoms with Crippen LogP contribution in [-0.2, 0) is 21.2 Å². The molecule has 176 valence electrons. The molecule has 4 rings (SSSR count). The zero-order valence-corrected chi connectivity index (χ0v) is 19.9. The van der Waals surface area contributed by atoms with E-state index in [1.165, 1.54) is 13.0 Å². The van der Waals surface area contributed by atoms with E-state index in [2.05, 4.69) is 10.0 Å². The highest BCUT2D eigenvalue weighted by Gasteiger charge is 2.24. The van der Waals surface area contributed by atoms with Crippen molar-refractivity contribution in [2.24, 2.45) is 0 Å². The first-order chi connectivity index (χ1) is 16.3. The van der Waals surface area contributed by atoms with Gasteiger partial charge >= 0.3 is 0 Å². The fourth-order valence-electron chi connectivity index (χ4n) is 4.14. The van der Waals surface area contributed by atoms with Crippen molar-refractivity contribution in [2.75, 3.05) is 16.2 Å². The van der Waals surface area contributed by atoms with Crippen molar-refractivity contribution >= 4 is 33.2 Å². The minimum absolute atomic E-state index is 0.0700. The van der Waals surface area contributed by atoms with Crippen molar-refractivity contribution in [3.63, 3.8) is 0 Å². The summed E-state index contributed by atoms with van der Waals surface area (Å²) in [6.45, 7) is 4.00. The highest BCUT2D eigenvalue weighted by molar-refractivity contribution is 7.92. The molecule has 0 saturated heterocycles. The van der Waals surface area contributed by atoms with Gasteiger partial charge in [0, 0.05) is 19.2 Å². The molecule has 2 N–H and O–H groups in total. The summed E-state index contributed by atoms with van der Waals surface area (Å²) in [6.07, 6.45) is 1.46. The van der Waals surface area contributed by atoms with Gasteiger partial charge < -0.3 is 10.2 Å². The lowest BCUT2D eigenvalue weighted by molar-refractivity contribution is -0.116. The lowest BCUT2D eigenvalue weighted by atomic mass is 10.0. The minimum atomic E-state index is -3.95. The highest BCUT2D eigenvalue weighted by Crippen LogP contribution is 2.30. The maximum absolute atomic E-state index is 13.2.